The molecule has 150 valence electrons. The van der Waals surface area contributed by atoms with Gasteiger partial charge in [0, 0.05) is 24.7 Å². The van der Waals surface area contributed by atoms with E-state index < -0.39 is 10.8 Å². The smallest absolute Gasteiger partial charge is 0.284 e. The summed E-state index contributed by atoms with van der Waals surface area (Å²) in [5.74, 6) is 0.467. The molecule has 0 aliphatic heterocycles. The molecule has 0 spiro atoms. The summed E-state index contributed by atoms with van der Waals surface area (Å²) >= 11 is 1.09. The van der Waals surface area contributed by atoms with E-state index in [4.69, 9.17) is 9.47 Å². The predicted octanol–water partition coefficient (Wildman–Crippen LogP) is 3.14. The van der Waals surface area contributed by atoms with Gasteiger partial charge in [0.1, 0.15) is 17.8 Å². The Balaban J connectivity index is 1.87. The van der Waals surface area contributed by atoms with Gasteiger partial charge in [-0.1, -0.05) is 0 Å². The maximum Gasteiger partial charge on any atom is 0.284 e. The van der Waals surface area contributed by atoms with Crippen LogP contribution in [0.4, 0.5) is 11.4 Å². The molecule has 0 unspecified atom stereocenters. The number of nitro benzene ring substituents is 1. The lowest BCUT2D eigenvalue weighted by Crippen LogP contribution is -2.13. The summed E-state index contributed by atoms with van der Waals surface area (Å²) < 4.78 is 12.0. The van der Waals surface area contributed by atoms with Crippen LogP contribution in [0.15, 0.2) is 52.8 Å². The minimum atomic E-state index is -0.538. The number of hydrogen-bond acceptors (Lipinski definition) is 8. The highest BCUT2D eigenvalue weighted by molar-refractivity contribution is 7.99. The number of anilines is 1. The number of hydrogen-bond donors (Lipinski definition) is 1. The molecule has 1 amide bonds. The van der Waals surface area contributed by atoms with Gasteiger partial charge >= 0.3 is 0 Å². The summed E-state index contributed by atoms with van der Waals surface area (Å²) in [6.45, 7) is 0. The van der Waals surface area contributed by atoms with Crippen LogP contribution in [0.3, 0.4) is 0 Å². The molecule has 0 bridgehead atoms. The van der Waals surface area contributed by atoms with Crippen LogP contribution in [-0.2, 0) is 7.05 Å². The molecule has 1 heterocycles. The van der Waals surface area contributed by atoms with Gasteiger partial charge in [0.25, 0.3) is 11.6 Å². The SMILES string of the molecule is COc1ccc(NC(=O)c2ccc(Sc3nncn3C)c([N+](=O)[O-])c2)c(OC)c1. The first-order valence-corrected chi connectivity index (χ1v) is 9.08. The van der Waals surface area contributed by atoms with Crippen molar-refractivity contribution in [1.82, 2.24) is 14.8 Å². The highest BCUT2D eigenvalue weighted by Gasteiger charge is 2.20. The number of aromatic nitrogens is 3. The second kappa shape index (κ2) is 8.61. The third-order valence-corrected chi connectivity index (χ3v) is 5.06. The molecule has 0 aliphatic carbocycles. The first-order chi connectivity index (χ1) is 13.9. The fourth-order valence-electron chi connectivity index (χ4n) is 2.45. The van der Waals surface area contributed by atoms with E-state index in [0.717, 1.165) is 11.8 Å². The van der Waals surface area contributed by atoms with Crippen molar-refractivity contribution in [3.63, 3.8) is 0 Å². The molecule has 0 fully saturated rings. The molecule has 1 aromatic heterocycles. The Morgan fingerprint density at radius 1 is 1.21 bits per heavy atom. The van der Waals surface area contributed by atoms with Crippen molar-refractivity contribution in [1.29, 1.82) is 0 Å². The van der Waals surface area contributed by atoms with Crippen LogP contribution in [0.1, 0.15) is 10.4 Å². The molecule has 3 rings (SSSR count). The Kier molecular flexibility index (Phi) is 5.98. The molecule has 1 N–H and O–H groups in total. The van der Waals surface area contributed by atoms with Crippen LogP contribution in [0.25, 0.3) is 0 Å². The fourth-order valence-corrected chi connectivity index (χ4v) is 3.30. The van der Waals surface area contributed by atoms with E-state index in [1.807, 2.05) is 0 Å². The topological polar surface area (TPSA) is 121 Å². The molecule has 29 heavy (non-hydrogen) atoms. The Labute approximate surface area is 170 Å². The number of carbonyl (C=O) groups excluding carboxylic acids is 1. The van der Waals surface area contributed by atoms with Crippen molar-refractivity contribution >= 4 is 29.0 Å². The van der Waals surface area contributed by atoms with Crippen molar-refractivity contribution in [3.8, 4) is 11.5 Å². The minimum absolute atomic E-state index is 0.136. The number of aryl methyl sites for hydroxylation is 1. The normalized spacial score (nSPS) is 10.4. The van der Waals surface area contributed by atoms with Crippen LogP contribution >= 0.6 is 11.8 Å². The van der Waals surface area contributed by atoms with Gasteiger partial charge < -0.3 is 19.4 Å². The lowest BCUT2D eigenvalue weighted by molar-refractivity contribution is -0.387. The van der Waals surface area contributed by atoms with E-state index in [1.165, 1.54) is 38.7 Å². The number of nitrogens with zero attached hydrogens (tertiary/aromatic N) is 4. The Morgan fingerprint density at radius 2 is 2.00 bits per heavy atom. The maximum atomic E-state index is 12.6. The monoisotopic (exact) mass is 415 g/mol. The number of carbonyl (C=O) groups is 1. The molecule has 0 saturated heterocycles. The summed E-state index contributed by atoms with van der Waals surface area (Å²) in [4.78, 5) is 24.0. The van der Waals surface area contributed by atoms with Crippen molar-refractivity contribution in [2.45, 2.75) is 10.1 Å². The summed E-state index contributed by atoms with van der Waals surface area (Å²) in [6.07, 6.45) is 1.50. The number of nitro groups is 1. The van der Waals surface area contributed by atoms with Crippen LogP contribution in [0.2, 0.25) is 0 Å². The van der Waals surface area contributed by atoms with Crippen LogP contribution in [-0.4, -0.2) is 39.8 Å². The first-order valence-electron chi connectivity index (χ1n) is 8.26. The van der Waals surface area contributed by atoms with Gasteiger partial charge in [-0.15, -0.1) is 10.2 Å². The highest BCUT2D eigenvalue weighted by Crippen LogP contribution is 2.35. The average molecular weight is 415 g/mol. The number of nitrogens with one attached hydrogen (secondary N) is 1. The summed E-state index contributed by atoms with van der Waals surface area (Å²) in [7, 11) is 4.72. The molecular formula is C18H17N5O5S. The number of amides is 1. The molecule has 0 radical (unpaired) electrons. The predicted molar refractivity (Wildman–Crippen MR) is 106 cm³/mol. The molecule has 0 atom stereocenters. The summed E-state index contributed by atoms with van der Waals surface area (Å²) in [5.41, 5.74) is 0.350. The zero-order valence-corrected chi connectivity index (χ0v) is 16.6. The van der Waals surface area contributed by atoms with Gasteiger partial charge in [0.05, 0.1) is 29.7 Å². The second-order valence-electron chi connectivity index (χ2n) is 5.79. The van der Waals surface area contributed by atoms with Crippen LogP contribution < -0.4 is 14.8 Å². The van der Waals surface area contributed by atoms with Crippen LogP contribution in [0, 0.1) is 10.1 Å². The fraction of sp³-hybridized carbons (Fsp3) is 0.167. The van der Waals surface area contributed by atoms with E-state index in [-0.39, 0.29) is 11.3 Å². The lowest BCUT2D eigenvalue weighted by atomic mass is 10.1. The van der Waals surface area contributed by atoms with Crippen molar-refractivity contribution in [2.24, 2.45) is 7.05 Å². The van der Waals surface area contributed by atoms with E-state index in [9.17, 15) is 14.9 Å². The Bertz CT molecular complexity index is 1070. The molecule has 2 aromatic carbocycles. The molecule has 10 nitrogen and oxygen atoms in total. The average Bonchev–Trinajstić information content (AvgIpc) is 3.12. The number of methoxy groups -OCH3 is 2. The maximum absolute atomic E-state index is 12.6. The number of ether oxygens (including phenoxy) is 2. The van der Waals surface area contributed by atoms with Gasteiger partial charge in [0.15, 0.2) is 5.16 Å². The first kappa shape index (κ1) is 20.1. The number of rotatable bonds is 7. The number of benzene rings is 2. The van der Waals surface area contributed by atoms with Crippen molar-refractivity contribution in [2.75, 3.05) is 19.5 Å². The highest BCUT2D eigenvalue weighted by atomic mass is 32.2. The zero-order valence-electron chi connectivity index (χ0n) is 15.8. The van der Waals surface area contributed by atoms with Gasteiger partial charge in [-0.2, -0.15) is 0 Å². The molecule has 11 heteroatoms. The molecular weight excluding hydrogens is 398 g/mol. The lowest BCUT2D eigenvalue weighted by Gasteiger charge is -2.12. The molecule has 0 aliphatic rings. The van der Waals surface area contributed by atoms with Crippen molar-refractivity contribution in [3.05, 3.63) is 58.4 Å². The molecule has 0 saturated carbocycles. The second-order valence-corrected chi connectivity index (χ2v) is 6.80. The summed E-state index contributed by atoms with van der Waals surface area (Å²) in [6, 6.07) is 9.17. The standard InChI is InChI=1S/C18H17N5O5S/c1-22-10-19-21-18(22)29-16-7-4-11(8-14(16)23(25)26)17(24)20-13-6-5-12(27-2)9-15(13)28-3/h4-10H,1-3H3,(H,20,24). The van der Waals surface area contributed by atoms with Gasteiger partial charge in [-0.3, -0.25) is 14.9 Å². The van der Waals surface area contributed by atoms with Gasteiger partial charge in [-0.05, 0) is 36.0 Å². The van der Waals surface area contributed by atoms with Gasteiger partial charge in [0.2, 0.25) is 0 Å². The molecule has 3 aromatic rings. The summed E-state index contributed by atoms with van der Waals surface area (Å²) in [5, 5.41) is 22.4. The van der Waals surface area contributed by atoms with Crippen molar-refractivity contribution < 1.29 is 19.2 Å². The Morgan fingerprint density at radius 3 is 2.62 bits per heavy atom. The Hall–Kier alpha value is -3.60. The zero-order chi connectivity index (χ0) is 21.0. The minimum Gasteiger partial charge on any atom is -0.497 e. The van der Waals surface area contributed by atoms with E-state index in [1.54, 1.807) is 29.8 Å². The van der Waals surface area contributed by atoms with E-state index in [0.29, 0.717) is 27.2 Å². The van der Waals surface area contributed by atoms with Gasteiger partial charge in [-0.25, -0.2) is 0 Å². The quantitative estimate of drug-likeness (QED) is 0.461. The largest absolute Gasteiger partial charge is 0.497 e. The third kappa shape index (κ3) is 4.46. The van der Waals surface area contributed by atoms with E-state index >= 15 is 0 Å². The van der Waals surface area contributed by atoms with E-state index in [2.05, 4.69) is 15.5 Å². The van der Waals surface area contributed by atoms with Crippen LogP contribution in [0.5, 0.6) is 11.5 Å². The third-order valence-electron chi connectivity index (χ3n) is 3.95.